The van der Waals surface area contributed by atoms with E-state index in [0.717, 1.165) is 51.4 Å². The number of unbranched alkanes of at least 4 members (excludes halogenated alkanes) is 29. The summed E-state index contributed by atoms with van der Waals surface area (Å²) in [5.41, 5.74) is 0. The van der Waals surface area contributed by atoms with Crippen LogP contribution in [0.15, 0.2) is 48.6 Å². The summed E-state index contributed by atoms with van der Waals surface area (Å²) < 4.78 is 23.2. The number of nitrogens with one attached hydrogen (secondary N) is 1. The van der Waals surface area contributed by atoms with Gasteiger partial charge in [0.25, 0.3) is 7.82 Å². The van der Waals surface area contributed by atoms with Gasteiger partial charge in [-0.05, 0) is 64.2 Å². The number of quaternary nitrogens is 1. The molecule has 3 atom stereocenters. The third-order valence-corrected chi connectivity index (χ3v) is 12.7. The molecule has 0 bridgehead atoms. The number of aliphatic hydroxyl groups is 1. The minimum Gasteiger partial charge on any atom is -0.756 e. The zero-order valence-corrected chi connectivity index (χ0v) is 42.9. The average Bonchev–Trinajstić information content (AvgIpc) is 3.24. The molecule has 0 saturated carbocycles. The lowest BCUT2D eigenvalue weighted by molar-refractivity contribution is -0.870. The quantitative estimate of drug-likeness (QED) is 0.0272. The predicted octanol–water partition coefficient (Wildman–Crippen LogP) is 15.0. The van der Waals surface area contributed by atoms with Gasteiger partial charge >= 0.3 is 0 Å². The van der Waals surface area contributed by atoms with E-state index in [9.17, 15) is 19.4 Å². The van der Waals surface area contributed by atoms with Gasteiger partial charge in [0.05, 0.1) is 39.9 Å². The van der Waals surface area contributed by atoms with E-state index in [1.54, 1.807) is 6.08 Å². The highest BCUT2D eigenvalue weighted by molar-refractivity contribution is 7.45. The van der Waals surface area contributed by atoms with Gasteiger partial charge in [-0.3, -0.25) is 9.36 Å². The number of allylic oxidation sites excluding steroid dienone is 7. The van der Waals surface area contributed by atoms with E-state index in [4.69, 9.17) is 9.05 Å². The lowest BCUT2D eigenvalue weighted by atomic mass is 10.0. The van der Waals surface area contributed by atoms with Gasteiger partial charge in [-0.25, -0.2) is 0 Å². The van der Waals surface area contributed by atoms with Crippen molar-refractivity contribution < 1.29 is 32.9 Å². The first-order chi connectivity index (χ1) is 30.5. The van der Waals surface area contributed by atoms with Crippen molar-refractivity contribution in [3.63, 3.8) is 0 Å². The van der Waals surface area contributed by atoms with E-state index >= 15 is 0 Å². The Hall–Kier alpha value is -1.54. The Morgan fingerprint density at radius 2 is 0.905 bits per heavy atom. The maximum absolute atomic E-state index is 12.9. The molecule has 63 heavy (non-hydrogen) atoms. The van der Waals surface area contributed by atoms with Crippen LogP contribution in [0.4, 0.5) is 0 Å². The summed E-state index contributed by atoms with van der Waals surface area (Å²) in [6, 6.07) is -0.908. The van der Waals surface area contributed by atoms with Crippen LogP contribution in [0.3, 0.4) is 0 Å². The molecule has 0 radical (unpaired) electrons. The van der Waals surface area contributed by atoms with E-state index in [1.165, 1.54) is 167 Å². The van der Waals surface area contributed by atoms with Crippen LogP contribution in [0.2, 0.25) is 0 Å². The summed E-state index contributed by atoms with van der Waals surface area (Å²) in [5.74, 6) is -0.212. The molecule has 0 aliphatic rings. The van der Waals surface area contributed by atoms with Crippen LogP contribution in [0, 0.1) is 0 Å². The number of nitrogens with zero attached hydrogens (tertiary/aromatic N) is 1. The van der Waals surface area contributed by atoms with Gasteiger partial charge in [0, 0.05) is 6.42 Å². The Balaban J connectivity index is 4.11. The van der Waals surface area contributed by atoms with Crippen LogP contribution < -0.4 is 10.2 Å². The average molecular weight is 907 g/mol. The first-order valence-electron chi connectivity index (χ1n) is 26.5. The molecule has 0 aliphatic carbocycles. The fraction of sp³-hybridized carbons (Fsp3) is 0.833. The fourth-order valence-electron chi connectivity index (χ4n) is 7.52. The van der Waals surface area contributed by atoms with Crippen molar-refractivity contribution >= 4 is 13.7 Å². The van der Waals surface area contributed by atoms with Crippen molar-refractivity contribution in [2.45, 2.75) is 251 Å². The number of likely N-dealkylation sites (N-methyl/N-ethyl adjacent to an activating group) is 1. The van der Waals surface area contributed by atoms with E-state index in [2.05, 4.69) is 55.6 Å². The molecule has 0 aromatic rings. The molecular formula is C54H103N2O6P. The van der Waals surface area contributed by atoms with Crippen molar-refractivity contribution in [3.8, 4) is 0 Å². The van der Waals surface area contributed by atoms with Crippen LogP contribution >= 0.6 is 7.82 Å². The molecule has 0 aromatic heterocycles. The molecular weight excluding hydrogens is 804 g/mol. The molecule has 0 fully saturated rings. The number of carbonyl (C=O) groups excluding carboxylic acids is 1. The molecule has 1 amide bonds. The topological polar surface area (TPSA) is 108 Å². The molecule has 2 N–H and O–H groups in total. The second kappa shape index (κ2) is 45.6. The lowest BCUT2D eigenvalue weighted by Crippen LogP contribution is -2.45. The monoisotopic (exact) mass is 907 g/mol. The van der Waals surface area contributed by atoms with E-state index in [1.807, 2.05) is 27.2 Å². The van der Waals surface area contributed by atoms with Gasteiger partial charge in [0.15, 0.2) is 0 Å². The zero-order valence-electron chi connectivity index (χ0n) is 42.0. The molecule has 3 unspecified atom stereocenters. The van der Waals surface area contributed by atoms with E-state index < -0.39 is 26.6 Å². The number of phosphoric ester groups is 1. The van der Waals surface area contributed by atoms with Crippen molar-refractivity contribution in [1.82, 2.24) is 5.32 Å². The third kappa shape index (κ3) is 48.2. The van der Waals surface area contributed by atoms with Gasteiger partial charge in [0.1, 0.15) is 13.2 Å². The van der Waals surface area contributed by atoms with Crippen molar-refractivity contribution in [2.75, 3.05) is 40.9 Å². The Kier molecular flexibility index (Phi) is 44.5. The van der Waals surface area contributed by atoms with Gasteiger partial charge in [-0.2, -0.15) is 0 Å². The number of aliphatic hydroxyl groups excluding tert-OH is 1. The third-order valence-electron chi connectivity index (χ3n) is 11.7. The second-order valence-corrected chi connectivity index (χ2v) is 20.6. The summed E-state index contributed by atoms with van der Waals surface area (Å²) >= 11 is 0. The minimum absolute atomic E-state index is 0.00951. The smallest absolute Gasteiger partial charge is 0.268 e. The first kappa shape index (κ1) is 61.5. The van der Waals surface area contributed by atoms with Crippen molar-refractivity contribution in [2.24, 2.45) is 0 Å². The Morgan fingerprint density at radius 3 is 1.33 bits per heavy atom. The summed E-state index contributed by atoms with van der Waals surface area (Å²) in [7, 11) is 1.23. The summed E-state index contributed by atoms with van der Waals surface area (Å²) in [5, 5.41) is 13.8. The number of phosphoric acid groups is 1. The zero-order chi connectivity index (χ0) is 46.4. The molecule has 0 rings (SSSR count). The largest absolute Gasteiger partial charge is 0.756 e. The highest BCUT2D eigenvalue weighted by Gasteiger charge is 2.23. The summed E-state index contributed by atoms with van der Waals surface area (Å²) in [4.78, 5) is 25.4. The molecule has 370 valence electrons. The highest BCUT2D eigenvalue weighted by atomic mass is 31.2. The van der Waals surface area contributed by atoms with Crippen molar-refractivity contribution in [1.29, 1.82) is 0 Å². The van der Waals surface area contributed by atoms with Crippen LogP contribution in [0.1, 0.15) is 239 Å². The standard InChI is InChI=1S/C54H103N2O6P/c1-6-8-10-12-14-16-18-20-21-22-23-24-25-26-27-28-29-30-31-32-33-34-35-36-38-40-42-44-46-48-54(58)55-52(51-62-63(59,60)61-50-49-56(3,4)5)53(57)47-45-43-41-39-37-19-17-15-13-11-9-7-2/h13,15,26-27,37,39,45,47,52-53,57H,6-12,14,16-25,28-36,38,40-44,46,48-51H2,1-5H3,(H-,55,58,59,60)/b15-13+,27-26-,39-37+,47-45+. The second-order valence-electron chi connectivity index (χ2n) is 19.2. The van der Waals surface area contributed by atoms with E-state index in [0.29, 0.717) is 17.4 Å². The molecule has 0 aliphatic heterocycles. The maximum atomic E-state index is 12.9. The summed E-state index contributed by atoms with van der Waals surface area (Å²) in [6.45, 7) is 4.58. The van der Waals surface area contributed by atoms with E-state index in [-0.39, 0.29) is 12.5 Å². The molecule has 0 heterocycles. The highest BCUT2D eigenvalue weighted by Crippen LogP contribution is 2.38. The molecule has 9 heteroatoms. The van der Waals surface area contributed by atoms with Crippen LogP contribution in [0.25, 0.3) is 0 Å². The minimum atomic E-state index is -4.60. The lowest BCUT2D eigenvalue weighted by Gasteiger charge is -2.29. The van der Waals surface area contributed by atoms with Crippen LogP contribution in [-0.2, 0) is 18.4 Å². The molecule has 8 nitrogen and oxygen atoms in total. The normalized spacial score (nSPS) is 14.5. The SMILES string of the molecule is CCCC/C=C/CC/C=C/CC/C=C/C(O)C(COP(=O)([O-])OCC[N+](C)(C)C)NC(=O)CCCCCCCCCCCCCCC/C=C\CCCCCCCCCCCCCC. The Morgan fingerprint density at radius 1 is 0.540 bits per heavy atom. The number of amides is 1. The number of hydrogen-bond donors (Lipinski definition) is 2. The first-order valence-corrected chi connectivity index (χ1v) is 28.0. The van der Waals surface area contributed by atoms with Gasteiger partial charge < -0.3 is 28.8 Å². The number of carbonyl (C=O) groups is 1. The van der Waals surface area contributed by atoms with Gasteiger partial charge in [-0.1, -0.05) is 217 Å². The fourth-order valence-corrected chi connectivity index (χ4v) is 8.24. The van der Waals surface area contributed by atoms with Crippen LogP contribution in [0.5, 0.6) is 0 Å². The molecule has 0 saturated heterocycles. The Labute approximate surface area is 390 Å². The number of rotatable bonds is 48. The predicted molar refractivity (Wildman–Crippen MR) is 270 cm³/mol. The maximum Gasteiger partial charge on any atom is 0.268 e. The van der Waals surface area contributed by atoms with Gasteiger partial charge in [-0.15, -0.1) is 0 Å². The molecule has 0 spiro atoms. The van der Waals surface area contributed by atoms with Crippen LogP contribution in [-0.4, -0.2) is 68.5 Å². The van der Waals surface area contributed by atoms with Crippen molar-refractivity contribution in [3.05, 3.63) is 48.6 Å². The summed E-state index contributed by atoms with van der Waals surface area (Å²) in [6.07, 6.45) is 59.1. The van der Waals surface area contributed by atoms with Gasteiger partial charge in [0.2, 0.25) is 5.91 Å². The number of hydrogen-bond acceptors (Lipinski definition) is 6. The Bertz CT molecular complexity index is 1170. The molecule has 0 aromatic carbocycles.